The number of hydrogen-bond donors (Lipinski definition) is 0. The first-order valence-corrected chi connectivity index (χ1v) is 16.5. The second-order valence-electron chi connectivity index (χ2n) is 13.3. The number of halogens is 2. The third-order valence-electron chi connectivity index (χ3n) is 9.96. The fourth-order valence-corrected chi connectivity index (χ4v) is 7.46. The lowest BCUT2D eigenvalue weighted by Crippen LogP contribution is -2.68. The Labute approximate surface area is 290 Å². The maximum Gasteiger partial charge on any atom is 0.233 e. The first-order valence-electron chi connectivity index (χ1n) is 16.5. The van der Waals surface area contributed by atoms with Crippen LogP contribution in [0.15, 0.2) is 60.7 Å². The van der Waals surface area contributed by atoms with Crippen LogP contribution in [0.25, 0.3) is 0 Å². The zero-order valence-electron chi connectivity index (χ0n) is 27.5. The van der Waals surface area contributed by atoms with Gasteiger partial charge in [-0.25, -0.2) is 0 Å². The van der Waals surface area contributed by atoms with Crippen molar-refractivity contribution in [3.63, 3.8) is 0 Å². The molecule has 1 saturated carbocycles. The molecule has 2 atom stereocenters. The van der Waals surface area contributed by atoms with Crippen LogP contribution in [0.1, 0.15) is 61.0 Å². The Kier molecular flexibility index (Phi) is 11.3. The van der Waals surface area contributed by atoms with E-state index < -0.39 is 5.41 Å². The van der Waals surface area contributed by atoms with E-state index in [1.54, 1.807) is 7.11 Å². The van der Waals surface area contributed by atoms with Gasteiger partial charge in [-0.1, -0.05) is 60.7 Å². The molecule has 47 heavy (non-hydrogen) atoms. The van der Waals surface area contributed by atoms with Crippen molar-refractivity contribution in [2.75, 3.05) is 59.7 Å². The number of carbonyl (C=O) groups excluding carboxylic acids is 1. The number of ether oxygens (including phenoxy) is 3. The second kappa shape index (κ2) is 15.1. The van der Waals surface area contributed by atoms with Crippen LogP contribution in [-0.4, -0.2) is 102 Å². The van der Waals surface area contributed by atoms with Crippen molar-refractivity contribution in [2.45, 2.75) is 57.2 Å². The van der Waals surface area contributed by atoms with E-state index in [1.807, 2.05) is 13.8 Å². The molecule has 0 N–H and O–H groups in total. The molecule has 11 heteroatoms. The van der Waals surface area contributed by atoms with Gasteiger partial charge < -0.3 is 19.1 Å². The highest BCUT2D eigenvalue weighted by Gasteiger charge is 2.48. The number of fused-ring (bicyclic) bond motifs is 1. The summed E-state index contributed by atoms with van der Waals surface area (Å²) >= 11 is 0. The molecule has 0 radical (unpaired) electrons. The maximum absolute atomic E-state index is 13.7. The van der Waals surface area contributed by atoms with Gasteiger partial charge in [0.05, 0.1) is 37.9 Å². The highest BCUT2D eigenvalue weighted by atomic mass is 35.5. The summed E-state index contributed by atoms with van der Waals surface area (Å²) in [5.41, 5.74) is 3.09. The smallest absolute Gasteiger partial charge is 0.233 e. The van der Waals surface area contributed by atoms with E-state index >= 15 is 0 Å². The molecule has 254 valence electrons. The van der Waals surface area contributed by atoms with Crippen molar-refractivity contribution in [3.05, 3.63) is 83.2 Å². The Morgan fingerprint density at radius 1 is 0.936 bits per heavy atom. The lowest BCUT2D eigenvalue weighted by molar-refractivity contribution is -0.173. The van der Waals surface area contributed by atoms with Crippen LogP contribution in [-0.2, 0) is 16.1 Å². The van der Waals surface area contributed by atoms with Gasteiger partial charge in [-0.05, 0) is 37.8 Å². The van der Waals surface area contributed by atoms with E-state index in [4.69, 9.17) is 24.2 Å². The van der Waals surface area contributed by atoms with Gasteiger partial charge in [0.1, 0.15) is 5.82 Å². The topological polar surface area (TPSA) is 80.3 Å². The summed E-state index contributed by atoms with van der Waals surface area (Å²) in [7, 11) is 1.69. The molecule has 1 amide bonds. The van der Waals surface area contributed by atoms with Crippen molar-refractivity contribution in [1.82, 2.24) is 24.7 Å². The highest BCUT2D eigenvalue weighted by molar-refractivity contribution is 5.85. The third kappa shape index (κ3) is 7.25. The molecule has 1 aromatic heterocycles. The number of rotatable bonds is 10. The number of aromatic nitrogens is 2. The Hall–Kier alpha value is -2.95. The minimum Gasteiger partial charge on any atom is -0.481 e. The summed E-state index contributed by atoms with van der Waals surface area (Å²) in [6.07, 6.45) is 2.22. The van der Waals surface area contributed by atoms with E-state index in [0.717, 1.165) is 50.4 Å². The highest BCUT2D eigenvalue weighted by Crippen LogP contribution is 2.42. The average molecular weight is 685 g/mol. The Morgan fingerprint density at radius 2 is 1.57 bits per heavy atom. The van der Waals surface area contributed by atoms with Crippen molar-refractivity contribution < 1.29 is 19.0 Å². The van der Waals surface area contributed by atoms with Gasteiger partial charge in [-0.2, -0.15) is 9.97 Å². The number of amides is 1. The van der Waals surface area contributed by atoms with Crippen LogP contribution in [0.2, 0.25) is 0 Å². The standard InChI is InChI=1S/C36H45N5O4.2ClH/c1-4-45-34-29(33(43-3)37-32(38-34)27-15-16-27)21-39-19-28-20-40(35(42)36(2)23-44-24-36)17-18-41(28)30(22-39)31(25-11-7-5-8-12-25)26-13-9-6-10-14-26;;/h5-14,27-28,30-31H,4,15-24H2,1-3H3;2*1H/t28-,30?;;/m1../s1. The maximum atomic E-state index is 13.7. The molecule has 1 unspecified atom stereocenters. The SMILES string of the molecule is CCOc1nc(C2CC2)nc(OC)c1CN1CC(C(c2ccccc2)c2ccccc2)N2CCN(C(=O)C3(C)COC3)C[C@H]2C1.Cl.Cl. The predicted molar refractivity (Wildman–Crippen MR) is 186 cm³/mol. The minimum absolute atomic E-state index is 0. The molecule has 0 spiro atoms. The van der Waals surface area contributed by atoms with Gasteiger partial charge in [-0.15, -0.1) is 24.8 Å². The van der Waals surface area contributed by atoms with Gasteiger partial charge in [0.25, 0.3) is 0 Å². The molecule has 9 nitrogen and oxygen atoms in total. The van der Waals surface area contributed by atoms with Crippen molar-refractivity contribution >= 4 is 30.7 Å². The molecule has 3 aliphatic heterocycles. The normalized spacial score (nSPS) is 22.3. The molecule has 2 aromatic carbocycles. The minimum atomic E-state index is -0.410. The number of benzene rings is 2. The average Bonchev–Trinajstić information content (AvgIpc) is 3.91. The van der Waals surface area contributed by atoms with Gasteiger partial charge >= 0.3 is 0 Å². The van der Waals surface area contributed by atoms with Crippen LogP contribution in [0.3, 0.4) is 0 Å². The van der Waals surface area contributed by atoms with Crippen LogP contribution < -0.4 is 9.47 Å². The molecule has 7 rings (SSSR count). The first-order chi connectivity index (χ1) is 22.0. The summed E-state index contributed by atoms with van der Waals surface area (Å²) < 4.78 is 17.5. The summed E-state index contributed by atoms with van der Waals surface area (Å²) in [6, 6.07) is 22.1. The molecule has 4 fully saturated rings. The first kappa shape index (κ1) is 35.4. The summed E-state index contributed by atoms with van der Waals surface area (Å²) in [5.74, 6) is 2.84. The van der Waals surface area contributed by atoms with Gasteiger partial charge in [0.2, 0.25) is 17.7 Å². The Bertz CT molecular complexity index is 1450. The number of piperazine rings is 2. The molecular weight excluding hydrogens is 637 g/mol. The van der Waals surface area contributed by atoms with E-state index in [1.165, 1.54) is 11.1 Å². The third-order valence-corrected chi connectivity index (χ3v) is 9.96. The van der Waals surface area contributed by atoms with Crippen LogP contribution in [0, 0.1) is 5.41 Å². The van der Waals surface area contributed by atoms with Gasteiger partial charge in [0.15, 0.2) is 0 Å². The molecule has 1 aliphatic carbocycles. The van der Waals surface area contributed by atoms with Gasteiger partial charge in [0, 0.05) is 63.2 Å². The molecule has 0 bridgehead atoms. The molecular formula is C36H47Cl2N5O4. The fraction of sp³-hybridized carbons (Fsp3) is 0.528. The number of hydrogen-bond acceptors (Lipinski definition) is 8. The van der Waals surface area contributed by atoms with Gasteiger partial charge in [-0.3, -0.25) is 14.6 Å². The van der Waals surface area contributed by atoms with E-state index in [9.17, 15) is 4.79 Å². The zero-order valence-corrected chi connectivity index (χ0v) is 29.2. The van der Waals surface area contributed by atoms with Crippen LogP contribution in [0.4, 0.5) is 0 Å². The molecule has 4 heterocycles. The molecule has 4 aliphatic rings. The Morgan fingerprint density at radius 3 is 2.13 bits per heavy atom. The summed E-state index contributed by atoms with van der Waals surface area (Å²) in [6.45, 7) is 10.1. The quantitative estimate of drug-likeness (QED) is 0.290. The number of nitrogens with zero attached hydrogens (tertiary/aromatic N) is 5. The van der Waals surface area contributed by atoms with Crippen molar-refractivity contribution in [1.29, 1.82) is 0 Å². The van der Waals surface area contributed by atoms with Crippen LogP contribution in [0.5, 0.6) is 11.8 Å². The fourth-order valence-electron chi connectivity index (χ4n) is 7.46. The Balaban J connectivity index is 0.00000217. The largest absolute Gasteiger partial charge is 0.481 e. The number of carbonyl (C=O) groups is 1. The summed E-state index contributed by atoms with van der Waals surface area (Å²) in [5, 5.41) is 0. The molecule has 3 aromatic rings. The van der Waals surface area contributed by atoms with Crippen molar-refractivity contribution in [2.24, 2.45) is 5.41 Å². The van der Waals surface area contributed by atoms with Crippen molar-refractivity contribution in [3.8, 4) is 11.8 Å². The molecule has 3 saturated heterocycles. The zero-order chi connectivity index (χ0) is 31.0. The van der Waals surface area contributed by atoms with E-state index in [2.05, 4.69) is 75.4 Å². The number of methoxy groups -OCH3 is 1. The monoisotopic (exact) mass is 683 g/mol. The predicted octanol–water partition coefficient (Wildman–Crippen LogP) is 5.17. The summed E-state index contributed by atoms with van der Waals surface area (Å²) in [4.78, 5) is 30.7. The lowest BCUT2D eigenvalue weighted by atomic mass is 9.81. The van der Waals surface area contributed by atoms with E-state index in [-0.39, 0.29) is 48.7 Å². The second-order valence-corrected chi connectivity index (χ2v) is 13.3. The lowest BCUT2D eigenvalue weighted by Gasteiger charge is -2.54. The van der Waals surface area contributed by atoms with E-state index in [0.29, 0.717) is 50.6 Å². The van der Waals surface area contributed by atoms with Crippen LogP contribution >= 0.6 is 24.8 Å².